The van der Waals surface area contributed by atoms with E-state index in [1.54, 1.807) is 0 Å². The molecule has 0 rings (SSSR count). The number of hydrogen-bond donors (Lipinski definition) is 1. The summed E-state index contributed by atoms with van der Waals surface area (Å²) in [7, 11) is 0. The molecule has 0 spiro atoms. The molecule has 0 heterocycles. The van der Waals surface area contributed by atoms with E-state index in [4.69, 9.17) is 5.11 Å². The Morgan fingerprint density at radius 2 is 0.950 bits per heavy atom. The van der Waals surface area contributed by atoms with Gasteiger partial charge in [0, 0.05) is 6.61 Å². The normalized spacial score (nSPS) is 11.5. The molecule has 0 aromatic heterocycles. The molecule has 0 saturated heterocycles. The highest BCUT2D eigenvalue weighted by molar-refractivity contribution is 14.1. The minimum Gasteiger partial charge on any atom is -0.396 e. The van der Waals surface area contributed by atoms with Crippen LogP contribution in [0.25, 0.3) is 0 Å². The Labute approximate surface area is 140 Å². The molecular formula is C18H35IO. The van der Waals surface area contributed by atoms with E-state index in [0.29, 0.717) is 0 Å². The van der Waals surface area contributed by atoms with Gasteiger partial charge in [0.15, 0.2) is 0 Å². The number of alkyl halides is 1. The van der Waals surface area contributed by atoms with Crippen molar-refractivity contribution < 1.29 is 5.11 Å². The fourth-order valence-corrected chi connectivity index (χ4v) is 2.97. The van der Waals surface area contributed by atoms with E-state index in [2.05, 4.69) is 34.7 Å². The van der Waals surface area contributed by atoms with Gasteiger partial charge in [-0.2, -0.15) is 0 Å². The maximum Gasteiger partial charge on any atom is 0.0465 e. The van der Waals surface area contributed by atoms with Gasteiger partial charge in [-0.3, -0.25) is 0 Å². The van der Waals surface area contributed by atoms with E-state index in [1.165, 1.54) is 87.9 Å². The lowest BCUT2D eigenvalue weighted by atomic mass is 10.0. The van der Waals surface area contributed by atoms with E-state index in [-0.39, 0.29) is 6.61 Å². The first-order valence-corrected chi connectivity index (χ1v) is 10.3. The molecule has 0 atom stereocenters. The van der Waals surface area contributed by atoms with Gasteiger partial charge in [0.1, 0.15) is 0 Å². The van der Waals surface area contributed by atoms with E-state index in [9.17, 15) is 0 Å². The Morgan fingerprint density at radius 1 is 0.550 bits per heavy atom. The van der Waals surface area contributed by atoms with Crippen LogP contribution in [-0.4, -0.2) is 16.1 Å². The lowest BCUT2D eigenvalue weighted by molar-refractivity contribution is 0.302. The summed E-state index contributed by atoms with van der Waals surface area (Å²) >= 11 is 2.47. The Kier molecular flexibility index (Phi) is 19.8. The molecule has 0 radical (unpaired) electrons. The van der Waals surface area contributed by atoms with Crippen LogP contribution in [0.2, 0.25) is 0 Å². The highest BCUT2D eigenvalue weighted by Crippen LogP contribution is 2.12. The molecule has 0 bridgehead atoms. The van der Waals surface area contributed by atoms with Crippen LogP contribution in [0.1, 0.15) is 89.9 Å². The van der Waals surface area contributed by atoms with Gasteiger partial charge in [-0.25, -0.2) is 0 Å². The van der Waals surface area contributed by atoms with Gasteiger partial charge in [-0.15, -0.1) is 0 Å². The van der Waals surface area contributed by atoms with E-state index >= 15 is 0 Å². The summed E-state index contributed by atoms with van der Waals surface area (Å²) in [6.45, 7) is 0.286. The van der Waals surface area contributed by atoms with E-state index < -0.39 is 0 Å². The van der Waals surface area contributed by atoms with Crippen molar-refractivity contribution in [3.8, 4) is 0 Å². The van der Waals surface area contributed by atoms with E-state index in [1.807, 2.05) is 0 Å². The number of aliphatic hydroxyl groups excluding tert-OH is 1. The first kappa shape index (κ1) is 20.4. The van der Waals surface area contributed by atoms with Crippen LogP contribution in [0.3, 0.4) is 0 Å². The van der Waals surface area contributed by atoms with Crippen LogP contribution in [0.5, 0.6) is 0 Å². The molecule has 0 aliphatic rings. The lowest BCUT2D eigenvalue weighted by Gasteiger charge is -2.02. The van der Waals surface area contributed by atoms with Crippen LogP contribution < -0.4 is 0 Å². The molecule has 1 N–H and O–H groups in total. The average Bonchev–Trinajstić information content (AvgIpc) is 2.47. The van der Waals surface area contributed by atoms with Crippen molar-refractivity contribution in [3.63, 3.8) is 0 Å². The van der Waals surface area contributed by atoms with Crippen molar-refractivity contribution in [1.82, 2.24) is 0 Å². The van der Waals surface area contributed by atoms with Crippen LogP contribution in [0, 0.1) is 0 Å². The minimum atomic E-state index is 0.286. The van der Waals surface area contributed by atoms with Crippen molar-refractivity contribution in [1.29, 1.82) is 0 Å². The third kappa shape index (κ3) is 18.4. The van der Waals surface area contributed by atoms with Crippen LogP contribution in [0.4, 0.5) is 0 Å². The average molecular weight is 394 g/mol. The van der Waals surface area contributed by atoms with Crippen molar-refractivity contribution in [2.45, 2.75) is 89.9 Å². The maximum atomic E-state index is 8.63. The van der Waals surface area contributed by atoms with Crippen molar-refractivity contribution >= 4 is 22.6 Å². The van der Waals surface area contributed by atoms with Crippen LogP contribution in [-0.2, 0) is 0 Å². The zero-order valence-corrected chi connectivity index (χ0v) is 15.5. The molecule has 0 fully saturated rings. The van der Waals surface area contributed by atoms with Crippen molar-refractivity contribution in [3.05, 3.63) is 12.2 Å². The molecule has 0 aliphatic carbocycles. The fraction of sp³-hybridized carbons (Fsp3) is 0.889. The Morgan fingerprint density at radius 3 is 1.40 bits per heavy atom. The van der Waals surface area contributed by atoms with Gasteiger partial charge in [-0.05, 0) is 30.1 Å². The van der Waals surface area contributed by atoms with Crippen molar-refractivity contribution in [2.24, 2.45) is 0 Å². The summed E-state index contributed by atoms with van der Waals surface area (Å²) in [5.74, 6) is 0. The standard InChI is InChI=1S/C18H35IO/c19-17-15-13-11-9-7-5-3-1-2-4-6-8-10-12-14-16-18-20/h12,14,20H,1-11,13,15-18H2/b14-12+. The zero-order chi connectivity index (χ0) is 14.7. The Balaban J connectivity index is 2.96. The summed E-state index contributed by atoms with van der Waals surface area (Å²) in [5, 5.41) is 8.63. The molecule has 0 saturated carbocycles. The maximum absolute atomic E-state index is 8.63. The molecule has 120 valence electrons. The van der Waals surface area contributed by atoms with Crippen LogP contribution >= 0.6 is 22.6 Å². The third-order valence-corrected chi connectivity index (χ3v) is 4.48. The molecule has 20 heavy (non-hydrogen) atoms. The Hall–Kier alpha value is 0.430. The molecule has 2 heteroatoms. The highest BCUT2D eigenvalue weighted by Gasteiger charge is 1.93. The molecular weight excluding hydrogens is 359 g/mol. The first-order valence-electron chi connectivity index (χ1n) is 8.73. The summed E-state index contributed by atoms with van der Waals surface area (Å²) in [5.41, 5.74) is 0. The molecule has 0 amide bonds. The van der Waals surface area contributed by atoms with E-state index in [0.717, 1.165) is 6.42 Å². The topological polar surface area (TPSA) is 20.2 Å². The second kappa shape index (κ2) is 19.4. The predicted molar refractivity (Wildman–Crippen MR) is 99.8 cm³/mol. The van der Waals surface area contributed by atoms with Gasteiger partial charge >= 0.3 is 0 Å². The molecule has 0 aromatic carbocycles. The highest BCUT2D eigenvalue weighted by atomic mass is 127. The second-order valence-corrected chi connectivity index (χ2v) is 6.78. The van der Waals surface area contributed by atoms with Crippen molar-refractivity contribution in [2.75, 3.05) is 11.0 Å². The summed E-state index contributed by atoms with van der Waals surface area (Å²) in [4.78, 5) is 0. The molecule has 0 unspecified atom stereocenters. The van der Waals surface area contributed by atoms with Crippen LogP contribution in [0.15, 0.2) is 12.2 Å². The Bertz CT molecular complexity index is 192. The number of aliphatic hydroxyl groups is 1. The predicted octanol–water partition coefficient (Wildman–Crippen LogP) is 6.43. The van der Waals surface area contributed by atoms with Gasteiger partial charge in [0.25, 0.3) is 0 Å². The number of rotatable bonds is 16. The molecule has 0 aliphatic heterocycles. The number of halogens is 1. The molecule has 1 nitrogen and oxygen atoms in total. The van der Waals surface area contributed by atoms with Gasteiger partial charge in [-0.1, -0.05) is 99.0 Å². The fourth-order valence-electron chi connectivity index (χ4n) is 2.43. The lowest BCUT2D eigenvalue weighted by Crippen LogP contribution is -1.83. The largest absolute Gasteiger partial charge is 0.396 e. The third-order valence-electron chi connectivity index (χ3n) is 3.72. The minimum absolute atomic E-state index is 0.286. The number of allylic oxidation sites excluding steroid dienone is 1. The summed E-state index contributed by atoms with van der Waals surface area (Å²) in [6.07, 6.45) is 23.4. The summed E-state index contributed by atoms with van der Waals surface area (Å²) < 4.78 is 1.33. The SMILES string of the molecule is OCC/C=C/CCCCCCCCCCCCCCI. The number of hydrogen-bond acceptors (Lipinski definition) is 1. The summed E-state index contributed by atoms with van der Waals surface area (Å²) in [6, 6.07) is 0. The monoisotopic (exact) mass is 394 g/mol. The van der Waals surface area contributed by atoms with Gasteiger partial charge in [0.2, 0.25) is 0 Å². The number of unbranched alkanes of at least 4 members (excludes halogenated alkanes) is 12. The smallest absolute Gasteiger partial charge is 0.0465 e. The first-order chi connectivity index (χ1) is 9.91. The molecule has 0 aromatic rings. The quantitative estimate of drug-likeness (QED) is 0.138. The van der Waals surface area contributed by atoms with Gasteiger partial charge in [0.05, 0.1) is 0 Å². The van der Waals surface area contributed by atoms with Gasteiger partial charge < -0.3 is 5.11 Å². The second-order valence-electron chi connectivity index (χ2n) is 5.70. The zero-order valence-electron chi connectivity index (χ0n) is 13.3.